The second kappa shape index (κ2) is 8.91. The molecule has 168 valence electrons. The van der Waals surface area contributed by atoms with E-state index >= 15 is 0 Å². The van der Waals surface area contributed by atoms with Crippen molar-refractivity contribution < 1.29 is 13.5 Å². The lowest BCUT2D eigenvalue weighted by molar-refractivity contribution is -0.0220. The van der Waals surface area contributed by atoms with Gasteiger partial charge in [0.15, 0.2) is 5.82 Å². The Morgan fingerprint density at radius 3 is 2.66 bits per heavy atom. The number of rotatable bonds is 5. The van der Waals surface area contributed by atoms with Gasteiger partial charge in [0.2, 0.25) is 0 Å². The molecule has 2 fully saturated rings. The van der Waals surface area contributed by atoms with Gasteiger partial charge in [-0.1, -0.05) is 12.1 Å². The van der Waals surface area contributed by atoms with Gasteiger partial charge in [-0.25, -0.2) is 18.7 Å². The van der Waals surface area contributed by atoms with E-state index in [1.165, 1.54) is 0 Å². The fourth-order valence-corrected chi connectivity index (χ4v) is 4.14. The first-order valence-corrected chi connectivity index (χ1v) is 11.0. The summed E-state index contributed by atoms with van der Waals surface area (Å²) in [5, 5.41) is 6.70. The fourth-order valence-electron chi connectivity index (χ4n) is 4.14. The van der Waals surface area contributed by atoms with Crippen LogP contribution < -0.4 is 15.5 Å². The Labute approximate surface area is 185 Å². The molecule has 1 atom stereocenters. The highest BCUT2D eigenvalue weighted by molar-refractivity contribution is 5.88. The minimum atomic E-state index is -2.55. The Hall–Kier alpha value is -2.91. The molecule has 2 aromatic heterocycles. The maximum atomic E-state index is 13.5. The van der Waals surface area contributed by atoms with Gasteiger partial charge in [-0.3, -0.25) is 4.98 Å². The van der Waals surface area contributed by atoms with Crippen LogP contribution in [0.3, 0.4) is 0 Å². The van der Waals surface area contributed by atoms with Crippen molar-refractivity contribution in [2.75, 3.05) is 49.5 Å². The Morgan fingerprint density at radius 2 is 1.91 bits per heavy atom. The van der Waals surface area contributed by atoms with E-state index in [1.807, 2.05) is 35.2 Å². The standard InChI is InChI=1S/C23H26F2N6O/c24-23(25)5-10-31(11-6-23)17-3-1-16(2-4-17)19-13-20-21(28-8-7-27-20)22(30-19)29-15-18-14-26-9-12-32-18/h1-4,7-8,13,18,26H,5-6,9-12,14-15H2,(H,29,30)/t18-/m0/s1. The van der Waals surface area contributed by atoms with E-state index < -0.39 is 5.92 Å². The highest BCUT2D eigenvalue weighted by atomic mass is 19.3. The topological polar surface area (TPSA) is 75.2 Å². The smallest absolute Gasteiger partial charge is 0.251 e. The third kappa shape index (κ3) is 4.63. The highest BCUT2D eigenvalue weighted by Crippen LogP contribution is 2.32. The second-order valence-electron chi connectivity index (χ2n) is 8.25. The molecule has 0 saturated carbocycles. The fraction of sp³-hybridized carbons (Fsp3) is 0.435. The lowest BCUT2D eigenvalue weighted by Gasteiger charge is -2.33. The van der Waals surface area contributed by atoms with Gasteiger partial charge >= 0.3 is 0 Å². The van der Waals surface area contributed by atoms with E-state index in [1.54, 1.807) is 12.4 Å². The first-order chi connectivity index (χ1) is 15.6. The normalized spacial score (nSPS) is 20.9. The van der Waals surface area contributed by atoms with Crippen LogP contribution in [0.1, 0.15) is 12.8 Å². The molecular weight excluding hydrogens is 414 g/mol. The van der Waals surface area contributed by atoms with Gasteiger partial charge in [0.05, 0.1) is 23.9 Å². The van der Waals surface area contributed by atoms with Crippen molar-refractivity contribution in [3.05, 3.63) is 42.7 Å². The van der Waals surface area contributed by atoms with Gasteiger partial charge in [-0.05, 0) is 18.2 Å². The van der Waals surface area contributed by atoms with Crippen molar-refractivity contribution in [3.63, 3.8) is 0 Å². The summed E-state index contributed by atoms with van der Waals surface area (Å²) in [5.41, 5.74) is 4.13. The summed E-state index contributed by atoms with van der Waals surface area (Å²) in [6.45, 7) is 3.70. The third-order valence-electron chi connectivity index (χ3n) is 5.98. The first-order valence-electron chi connectivity index (χ1n) is 11.0. The summed E-state index contributed by atoms with van der Waals surface area (Å²) in [5.74, 6) is -1.88. The third-order valence-corrected chi connectivity index (χ3v) is 5.98. The number of ether oxygens (including phenoxy) is 1. The number of alkyl halides is 2. The van der Waals surface area contributed by atoms with Crippen LogP contribution in [0.15, 0.2) is 42.7 Å². The molecule has 32 heavy (non-hydrogen) atoms. The van der Waals surface area contributed by atoms with Crippen molar-refractivity contribution in [2.45, 2.75) is 24.9 Å². The molecule has 2 aliphatic heterocycles. The summed E-state index contributed by atoms with van der Waals surface area (Å²) in [4.78, 5) is 15.7. The van der Waals surface area contributed by atoms with Crippen LogP contribution in [0.5, 0.6) is 0 Å². The van der Waals surface area contributed by atoms with E-state index in [9.17, 15) is 8.78 Å². The first kappa shape index (κ1) is 21.0. The molecular formula is C23H26F2N6O. The summed E-state index contributed by atoms with van der Waals surface area (Å²) >= 11 is 0. The minimum Gasteiger partial charge on any atom is -0.374 e. The van der Waals surface area contributed by atoms with Gasteiger partial charge in [0.25, 0.3) is 5.92 Å². The molecule has 0 unspecified atom stereocenters. The van der Waals surface area contributed by atoms with E-state index in [2.05, 4.69) is 20.6 Å². The van der Waals surface area contributed by atoms with Gasteiger partial charge in [0.1, 0.15) is 5.52 Å². The molecule has 0 spiro atoms. The average Bonchev–Trinajstić information content (AvgIpc) is 2.83. The molecule has 4 heterocycles. The van der Waals surface area contributed by atoms with Crippen LogP contribution in [-0.2, 0) is 4.74 Å². The number of hydrogen-bond donors (Lipinski definition) is 2. The number of nitrogens with zero attached hydrogens (tertiary/aromatic N) is 4. The van der Waals surface area contributed by atoms with Gasteiger partial charge < -0.3 is 20.3 Å². The van der Waals surface area contributed by atoms with Crippen LogP contribution >= 0.6 is 0 Å². The molecule has 2 aliphatic rings. The number of morpholine rings is 1. The number of fused-ring (bicyclic) bond motifs is 1. The molecule has 0 aliphatic carbocycles. The number of nitrogens with one attached hydrogen (secondary N) is 2. The van der Waals surface area contributed by atoms with Gasteiger partial charge in [-0.15, -0.1) is 0 Å². The van der Waals surface area contributed by atoms with Crippen LogP contribution in [0.4, 0.5) is 20.3 Å². The zero-order valence-electron chi connectivity index (χ0n) is 17.7. The molecule has 0 amide bonds. The van der Waals surface area contributed by atoms with Crippen LogP contribution in [-0.4, -0.2) is 66.3 Å². The highest BCUT2D eigenvalue weighted by Gasteiger charge is 2.34. The van der Waals surface area contributed by atoms with Crippen LogP contribution in [0.2, 0.25) is 0 Å². The maximum Gasteiger partial charge on any atom is 0.251 e. The molecule has 3 aromatic rings. The lowest BCUT2D eigenvalue weighted by atomic mass is 10.0. The van der Waals surface area contributed by atoms with Crippen LogP contribution in [0, 0.1) is 0 Å². The summed E-state index contributed by atoms with van der Waals surface area (Å²) in [7, 11) is 0. The largest absolute Gasteiger partial charge is 0.374 e. The monoisotopic (exact) mass is 440 g/mol. The average molecular weight is 440 g/mol. The van der Waals surface area contributed by atoms with Gasteiger partial charge in [0, 0.05) is 69.2 Å². The van der Waals surface area contributed by atoms with Crippen molar-refractivity contribution >= 4 is 22.5 Å². The molecule has 2 N–H and O–H groups in total. The molecule has 7 nitrogen and oxygen atoms in total. The Balaban J connectivity index is 1.37. The number of pyridine rings is 1. The number of aromatic nitrogens is 3. The number of anilines is 2. The van der Waals surface area contributed by atoms with Crippen molar-refractivity contribution in [3.8, 4) is 11.3 Å². The number of halogens is 2. The van der Waals surface area contributed by atoms with Crippen molar-refractivity contribution in [2.24, 2.45) is 0 Å². The number of benzene rings is 1. The molecule has 1 aromatic carbocycles. The predicted octanol–water partition coefficient (Wildman–Crippen LogP) is 3.33. The number of piperidine rings is 1. The van der Waals surface area contributed by atoms with E-state index in [0.29, 0.717) is 37.6 Å². The molecule has 0 bridgehead atoms. The Kier molecular flexibility index (Phi) is 5.84. The van der Waals surface area contributed by atoms with Gasteiger partial charge in [-0.2, -0.15) is 0 Å². The lowest BCUT2D eigenvalue weighted by Crippen LogP contribution is -2.42. The Morgan fingerprint density at radius 1 is 1.12 bits per heavy atom. The van der Waals surface area contributed by atoms with Crippen LogP contribution in [0.25, 0.3) is 22.3 Å². The summed E-state index contributed by atoms with van der Waals surface area (Å²) < 4.78 is 32.7. The van der Waals surface area contributed by atoms with E-state index in [4.69, 9.17) is 9.72 Å². The molecule has 2 saturated heterocycles. The van der Waals surface area contributed by atoms with E-state index in [-0.39, 0.29) is 18.9 Å². The Bertz CT molecular complexity index is 1060. The molecule has 9 heteroatoms. The molecule has 5 rings (SSSR count). The molecule has 0 radical (unpaired) electrons. The maximum absolute atomic E-state index is 13.5. The summed E-state index contributed by atoms with van der Waals surface area (Å²) in [6.07, 6.45) is 3.19. The number of hydrogen-bond acceptors (Lipinski definition) is 7. The zero-order chi connectivity index (χ0) is 22.0. The SMILES string of the molecule is FC1(F)CCN(c2ccc(-c3cc4nccnc4c(NC[C@@H]4CNCCO4)n3)cc2)CC1. The zero-order valence-corrected chi connectivity index (χ0v) is 17.7. The predicted molar refractivity (Wildman–Crippen MR) is 120 cm³/mol. The second-order valence-corrected chi connectivity index (χ2v) is 8.25. The van der Waals surface area contributed by atoms with Crippen molar-refractivity contribution in [1.29, 1.82) is 0 Å². The quantitative estimate of drug-likeness (QED) is 0.630. The minimum absolute atomic E-state index is 0.0668. The summed E-state index contributed by atoms with van der Waals surface area (Å²) in [6, 6.07) is 9.81. The van der Waals surface area contributed by atoms with Crippen molar-refractivity contribution in [1.82, 2.24) is 20.3 Å². The van der Waals surface area contributed by atoms with E-state index in [0.717, 1.165) is 35.6 Å².